The van der Waals surface area contributed by atoms with Crippen LogP contribution in [-0.2, 0) is 0 Å². The first-order chi connectivity index (χ1) is 9.49. The van der Waals surface area contributed by atoms with Gasteiger partial charge in [-0.25, -0.2) is 4.39 Å². The van der Waals surface area contributed by atoms with Crippen LogP contribution in [-0.4, -0.2) is 21.6 Å². The number of benzene rings is 1. The molecule has 9 heteroatoms. The van der Waals surface area contributed by atoms with E-state index >= 15 is 0 Å². The molecule has 1 aromatic carbocycles. The SMILES string of the molecule is CCOc1nc(N)nc(Oc2cc(F)c(Cl)cc2Br)n1. The van der Waals surface area contributed by atoms with Crippen LogP contribution in [0.25, 0.3) is 0 Å². The second kappa shape index (κ2) is 6.19. The van der Waals surface area contributed by atoms with E-state index in [1.165, 1.54) is 6.07 Å². The molecule has 6 nitrogen and oxygen atoms in total. The first-order valence-corrected chi connectivity index (χ1v) is 6.63. The molecule has 0 atom stereocenters. The van der Waals surface area contributed by atoms with E-state index in [4.69, 9.17) is 26.8 Å². The minimum Gasteiger partial charge on any atom is -0.464 e. The standard InChI is InChI=1S/C11H9BrClFN4O2/c1-2-19-10-16-9(15)17-11(18-10)20-8-4-7(14)6(13)3-5(8)12/h3-4H,2H2,1H3,(H2,15,16,17,18). The summed E-state index contributed by atoms with van der Waals surface area (Å²) in [4.78, 5) is 11.4. The lowest BCUT2D eigenvalue weighted by atomic mass is 10.3. The second-order valence-corrected chi connectivity index (χ2v) is 4.75. The number of nitrogens with two attached hydrogens (primary N) is 1. The van der Waals surface area contributed by atoms with E-state index in [9.17, 15) is 4.39 Å². The molecular weight excluding hydrogens is 355 g/mol. The van der Waals surface area contributed by atoms with Crippen LogP contribution in [0.2, 0.25) is 5.02 Å². The van der Waals surface area contributed by atoms with Gasteiger partial charge in [-0.2, -0.15) is 9.97 Å². The lowest BCUT2D eigenvalue weighted by Gasteiger charge is -2.08. The topological polar surface area (TPSA) is 83.2 Å². The quantitative estimate of drug-likeness (QED) is 0.840. The van der Waals surface area contributed by atoms with Crippen LogP contribution < -0.4 is 15.2 Å². The molecule has 0 aliphatic heterocycles. The van der Waals surface area contributed by atoms with Gasteiger partial charge in [-0.15, -0.1) is 4.98 Å². The zero-order valence-electron chi connectivity index (χ0n) is 10.2. The van der Waals surface area contributed by atoms with Gasteiger partial charge in [0.1, 0.15) is 11.6 Å². The van der Waals surface area contributed by atoms with Gasteiger partial charge in [-0.05, 0) is 28.9 Å². The number of hydrogen-bond acceptors (Lipinski definition) is 6. The Kier molecular flexibility index (Phi) is 4.56. The highest BCUT2D eigenvalue weighted by molar-refractivity contribution is 9.10. The fourth-order valence-electron chi connectivity index (χ4n) is 1.27. The molecule has 0 saturated carbocycles. The number of ether oxygens (including phenoxy) is 2. The average Bonchev–Trinajstić information content (AvgIpc) is 2.35. The molecule has 106 valence electrons. The smallest absolute Gasteiger partial charge is 0.330 e. The van der Waals surface area contributed by atoms with E-state index in [1.54, 1.807) is 6.92 Å². The van der Waals surface area contributed by atoms with Crippen LogP contribution in [0.4, 0.5) is 10.3 Å². The molecule has 2 rings (SSSR count). The summed E-state index contributed by atoms with van der Waals surface area (Å²) in [6, 6.07) is 2.39. The molecule has 0 fully saturated rings. The third kappa shape index (κ3) is 3.45. The molecular formula is C11H9BrClFN4O2. The summed E-state index contributed by atoms with van der Waals surface area (Å²) in [5.74, 6) is -0.541. The number of halogens is 3. The van der Waals surface area contributed by atoms with Crippen molar-refractivity contribution >= 4 is 33.5 Å². The average molecular weight is 364 g/mol. The monoisotopic (exact) mass is 362 g/mol. The molecule has 0 unspecified atom stereocenters. The summed E-state index contributed by atoms with van der Waals surface area (Å²) in [5.41, 5.74) is 5.51. The largest absolute Gasteiger partial charge is 0.464 e. The number of hydrogen-bond donors (Lipinski definition) is 1. The number of rotatable bonds is 4. The zero-order chi connectivity index (χ0) is 14.7. The Morgan fingerprint density at radius 3 is 2.70 bits per heavy atom. The normalized spacial score (nSPS) is 10.4. The summed E-state index contributed by atoms with van der Waals surface area (Å²) in [6.07, 6.45) is 0. The van der Waals surface area contributed by atoms with Crippen molar-refractivity contribution in [2.24, 2.45) is 0 Å². The maximum atomic E-state index is 13.4. The van der Waals surface area contributed by atoms with Crippen LogP contribution in [0.3, 0.4) is 0 Å². The molecule has 0 radical (unpaired) electrons. The fraction of sp³-hybridized carbons (Fsp3) is 0.182. The lowest BCUT2D eigenvalue weighted by molar-refractivity contribution is 0.304. The molecule has 0 saturated heterocycles. The second-order valence-electron chi connectivity index (χ2n) is 3.49. The predicted octanol–water partition coefficient (Wildman–Crippen LogP) is 3.20. The molecule has 1 heterocycles. The van der Waals surface area contributed by atoms with Gasteiger partial charge < -0.3 is 15.2 Å². The van der Waals surface area contributed by atoms with Crippen molar-refractivity contribution in [2.75, 3.05) is 12.3 Å². The van der Waals surface area contributed by atoms with Crippen LogP contribution in [0, 0.1) is 5.82 Å². The summed E-state index contributed by atoms with van der Waals surface area (Å²) < 4.78 is 24.3. The van der Waals surface area contributed by atoms with E-state index in [2.05, 4.69) is 30.9 Å². The van der Waals surface area contributed by atoms with Gasteiger partial charge in [0.25, 0.3) is 0 Å². The summed E-state index contributed by atoms with van der Waals surface area (Å²) in [7, 11) is 0. The fourth-order valence-corrected chi connectivity index (χ4v) is 1.99. The van der Waals surface area contributed by atoms with Gasteiger partial charge >= 0.3 is 12.0 Å². The van der Waals surface area contributed by atoms with Crippen molar-refractivity contribution in [3.8, 4) is 17.8 Å². The minimum atomic E-state index is -0.628. The van der Waals surface area contributed by atoms with Crippen molar-refractivity contribution in [2.45, 2.75) is 6.92 Å². The molecule has 0 bridgehead atoms. The number of nitrogen functional groups attached to an aromatic ring is 1. The molecule has 2 N–H and O–H groups in total. The van der Waals surface area contributed by atoms with Crippen LogP contribution in [0.5, 0.6) is 17.8 Å². The van der Waals surface area contributed by atoms with Gasteiger partial charge in [0.2, 0.25) is 5.95 Å². The van der Waals surface area contributed by atoms with E-state index in [1.807, 2.05) is 0 Å². The maximum absolute atomic E-state index is 13.4. The van der Waals surface area contributed by atoms with Crippen LogP contribution >= 0.6 is 27.5 Å². The van der Waals surface area contributed by atoms with Gasteiger partial charge in [-0.3, -0.25) is 0 Å². The van der Waals surface area contributed by atoms with E-state index in [0.29, 0.717) is 11.1 Å². The first kappa shape index (κ1) is 14.7. The third-order valence-corrected chi connectivity index (χ3v) is 2.97. The molecule has 0 amide bonds. The Morgan fingerprint density at radius 2 is 2.00 bits per heavy atom. The molecule has 1 aromatic heterocycles. The van der Waals surface area contributed by atoms with Crippen molar-refractivity contribution < 1.29 is 13.9 Å². The van der Waals surface area contributed by atoms with E-state index < -0.39 is 5.82 Å². The van der Waals surface area contributed by atoms with Gasteiger partial charge in [0, 0.05) is 6.07 Å². The first-order valence-electron chi connectivity index (χ1n) is 5.46. The van der Waals surface area contributed by atoms with E-state index in [-0.39, 0.29) is 28.7 Å². The molecule has 2 aromatic rings. The number of aromatic nitrogens is 3. The van der Waals surface area contributed by atoms with Gasteiger partial charge in [0.05, 0.1) is 16.1 Å². The Labute approximate surface area is 127 Å². The Bertz CT molecular complexity index is 644. The maximum Gasteiger partial charge on any atom is 0.330 e. The van der Waals surface area contributed by atoms with Crippen molar-refractivity contribution in [1.82, 2.24) is 15.0 Å². The van der Waals surface area contributed by atoms with Crippen molar-refractivity contribution in [1.29, 1.82) is 0 Å². The molecule has 20 heavy (non-hydrogen) atoms. The van der Waals surface area contributed by atoms with Gasteiger partial charge in [0.15, 0.2) is 0 Å². The zero-order valence-corrected chi connectivity index (χ0v) is 12.6. The van der Waals surface area contributed by atoms with Crippen molar-refractivity contribution in [3.63, 3.8) is 0 Å². The van der Waals surface area contributed by atoms with Gasteiger partial charge in [-0.1, -0.05) is 11.6 Å². The van der Waals surface area contributed by atoms with E-state index in [0.717, 1.165) is 6.07 Å². The summed E-state index contributed by atoms with van der Waals surface area (Å²) >= 11 is 8.84. The molecule has 0 spiro atoms. The Morgan fingerprint density at radius 1 is 1.30 bits per heavy atom. The predicted molar refractivity (Wildman–Crippen MR) is 74.6 cm³/mol. The highest BCUT2D eigenvalue weighted by Crippen LogP contribution is 2.33. The minimum absolute atomic E-state index is 0.0283. The third-order valence-electron chi connectivity index (χ3n) is 2.06. The van der Waals surface area contributed by atoms with Crippen LogP contribution in [0.15, 0.2) is 16.6 Å². The number of nitrogens with zero attached hydrogens (tertiary/aromatic N) is 3. The Balaban J connectivity index is 2.32. The molecule has 0 aliphatic rings. The highest BCUT2D eigenvalue weighted by atomic mass is 79.9. The summed E-state index contributed by atoms with van der Waals surface area (Å²) in [5, 5.41) is -0.0330. The highest BCUT2D eigenvalue weighted by Gasteiger charge is 2.12. The Hall–Kier alpha value is -1.67. The van der Waals surface area contributed by atoms with Crippen LogP contribution in [0.1, 0.15) is 6.92 Å². The van der Waals surface area contributed by atoms with Crippen molar-refractivity contribution in [3.05, 3.63) is 27.4 Å². The lowest BCUT2D eigenvalue weighted by Crippen LogP contribution is -2.05. The number of anilines is 1. The summed E-state index contributed by atoms with van der Waals surface area (Å²) in [6.45, 7) is 2.13. The molecule has 0 aliphatic carbocycles.